The van der Waals surface area contributed by atoms with Crippen molar-refractivity contribution in [1.82, 2.24) is 5.32 Å². The van der Waals surface area contributed by atoms with Crippen LogP contribution in [0.2, 0.25) is 0 Å². The maximum absolute atomic E-state index is 5.52. The molecule has 0 aliphatic heterocycles. The van der Waals surface area contributed by atoms with Crippen molar-refractivity contribution >= 4 is 0 Å². The van der Waals surface area contributed by atoms with Gasteiger partial charge in [-0.05, 0) is 50.4 Å². The summed E-state index contributed by atoms with van der Waals surface area (Å²) in [5.41, 5.74) is 1.40. The summed E-state index contributed by atoms with van der Waals surface area (Å²) in [6.07, 6.45) is 8.32. The van der Waals surface area contributed by atoms with Crippen molar-refractivity contribution in [2.24, 2.45) is 5.92 Å². The molecule has 1 saturated carbocycles. The van der Waals surface area contributed by atoms with Gasteiger partial charge in [-0.2, -0.15) is 0 Å². The van der Waals surface area contributed by atoms with Gasteiger partial charge in [0, 0.05) is 6.04 Å². The Morgan fingerprint density at radius 2 is 1.74 bits per heavy atom. The van der Waals surface area contributed by atoms with Crippen LogP contribution in [0.5, 0.6) is 5.75 Å². The third-order valence-electron chi connectivity index (χ3n) is 4.23. The van der Waals surface area contributed by atoms with Gasteiger partial charge in [0.05, 0.1) is 6.61 Å². The highest BCUT2D eigenvalue weighted by Crippen LogP contribution is 2.33. The highest BCUT2D eigenvalue weighted by atomic mass is 16.5. The van der Waals surface area contributed by atoms with E-state index in [4.69, 9.17) is 4.74 Å². The molecule has 1 N–H and O–H groups in total. The van der Waals surface area contributed by atoms with Crippen molar-refractivity contribution in [1.29, 1.82) is 0 Å². The summed E-state index contributed by atoms with van der Waals surface area (Å²) in [7, 11) is 2.09. The lowest BCUT2D eigenvalue weighted by Gasteiger charge is -2.26. The van der Waals surface area contributed by atoms with E-state index in [1.165, 1.54) is 44.1 Å². The molecule has 2 heteroatoms. The third kappa shape index (κ3) is 3.97. The van der Waals surface area contributed by atoms with Gasteiger partial charge in [-0.25, -0.2) is 0 Å². The molecule has 0 aromatic heterocycles. The summed E-state index contributed by atoms with van der Waals surface area (Å²) in [5.74, 6) is 1.76. The van der Waals surface area contributed by atoms with Gasteiger partial charge in [0.25, 0.3) is 0 Å². The molecule has 1 unspecified atom stereocenters. The van der Waals surface area contributed by atoms with Gasteiger partial charge in [0.2, 0.25) is 0 Å². The van der Waals surface area contributed by atoms with Crippen molar-refractivity contribution in [3.05, 3.63) is 29.8 Å². The lowest BCUT2D eigenvalue weighted by Crippen LogP contribution is -2.25. The molecule has 0 saturated heterocycles. The van der Waals surface area contributed by atoms with Crippen LogP contribution in [-0.4, -0.2) is 13.7 Å². The predicted molar refractivity (Wildman–Crippen MR) is 80.6 cm³/mol. The highest BCUT2D eigenvalue weighted by molar-refractivity contribution is 5.29. The highest BCUT2D eigenvalue weighted by Gasteiger charge is 2.22. The van der Waals surface area contributed by atoms with E-state index >= 15 is 0 Å². The monoisotopic (exact) mass is 261 g/mol. The normalized spacial score (nSPS) is 18.8. The van der Waals surface area contributed by atoms with E-state index in [0.717, 1.165) is 18.3 Å². The molecular weight excluding hydrogens is 234 g/mol. The Hall–Kier alpha value is -1.02. The second-order valence-corrected chi connectivity index (χ2v) is 5.52. The number of nitrogens with one attached hydrogen (secondary N) is 1. The van der Waals surface area contributed by atoms with Crippen molar-refractivity contribution in [2.75, 3.05) is 13.7 Å². The molecule has 1 aromatic rings. The lowest BCUT2D eigenvalue weighted by molar-refractivity contribution is 0.334. The van der Waals surface area contributed by atoms with E-state index in [1.807, 2.05) is 6.92 Å². The van der Waals surface area contributed by atoms with Crippen LogP contribution < -0.4 is 10.1 Å². The average molecular weight is 261 g/mol. The summed E-state index contributed by atoms with van der Waals surface area (Å²) in [6, 6.07) is 9.13. The van der Waals surface area contributed by atoms with E-state index < -0.39 is 0 Å². The zero-order valence-electron chi connectivity index (χ0n) is 12.3. The number of hydrogen-bond acceptors (Lipinski definition) is 2. The first-order chi connectivity index (χ1) is 9.35. The minimum absolute atomic E-state index is 0.494. The second kappa shape index (κ2) is 7.54. The predicted octanol–water partition coefficient (Wildman–Crippen LogP) is 4.32. The fourth-order valence-electron chi connectivity index (χ4n) is 3.26. The second-order valence-electron chi connectivity index (χ2n) is 5.52. The minimum atomic E-state index is 0.494. The van der Waals surface area contributed by atoms with Gasteiger partial charge in [-0.1, -0.05) is 37.8 Å². The van der Waals surface area contributed by atoms with Crippen LogP contribution in [0.3, 0.4) is 0 Å². The zero-order valence-corrected chi connectivity index (χ0v) is 12.3. The van der Waals surface area contributed by atoms with Crippen molar-refractivity contribution in [3.63, 3.8) is 0 Å². The molecule has 1 atom stereocenters. The first-order valence-electron chi connectivity index (χ1n) is 7.75. The number of rotatable bonds is 5. The van der Waals surface area contributed by atoms with Crippen molar-refractivity contribution < 1.29 is 4.74 Å². The Kier molecular flexibility index (Phi) is 5.71. The smallest absolute Gasteiger partial charge is 0.119 e. The van der Waals surface area contributed by atoms with E-state index in [0.29, 0.717) is 6.04 Å². The van der Waals surface area contributed by atoms with Gasteiger partial charge >= 0.3 is 0 Å². The molecule has 1 aromatic carbocycles. The van der Waals surface area contributed by atoms with Crippen LogP contribution in [0.4, 0.5) is 0 Å². The van der Waals surface area contributed by atoms with Gasteiger partial charge in [-0.15, -0.1) is 0 Å². The SMILES string of the molecule is CCOc1ccc(C(NC)C2CCCCCC2)cc1. The maximum atomic E-state index is 5.52. The number of hydrogen-bond donors (Lipinski definition) is 1. The molecule has 0 amide bonds. The molecule has 2 nitrogen and oxygen atoms in total. The van der Waals surface area contributed by atoms with Crippen LogP contribution >= 0.6 is 0 Å². The maximum Gasteiger partial charge on any atom is 0.119 e. The summed E-state index contributed by atoms with van der Waals surface area (Å²) >= 11 is 0. The quantitative estimate of drug-likeness (QED) is 0.797. The largest absolute Gasteiger partial charge is 0.494 e. The zero-order chi connectivity index (χ0) is 13.5. The Morgan fingerprint density at radius 1 is 1.11 bits per heavy atom. The topological polar surface area (TPSA) is 21.3 Å². The Bertz CT molecular complexity index is 352. The van der Waals surface area contributed by atoms with Gasteiger partial charge < -0.3 is 10.1 Å². The van der Waals surface area contributed by atoms with Gasteiger partial charge in [-0.3, -0.25) is 0 Å². The van der Waals surface area contributed by atoms with Gasteiger partial charge in [0.1, 0.15) is 5.75 Å². The van der Waals surface area contributed by atoms with E-state index in [2.05, 4.69) is 36.6 Å². The van der Waals surface area contributed by atoms with Gasteiger partial charge in [0.15, 0.2) is 0 Å². The molecule has 1 fully saturated rings. The lowest BCUT2D eigenvalue weighted by atomic mass is 9.87. The summed E-state index contributed by atoms with van der Waals surface area (Å²) in [4.78, 5) is 0. The summed E-state index contributed by atoms with van der Waals surface area (Å²) in [6.45, 7) is 2.76. The fraction of sp³-hybridized carbons (Fsp3) is 0.647. The molecule has 0 spiro atoms. The van der Waals surface area contributed by atoms with Crippen molar-refractivity contribution in [3.8, 4) is 5.75 Å². The average Bonchev–Trinajstić information content (AvgIpc) is 2.71. The molecule has 0 heterocycles. The first-order valence-corrected chi connectivity index (χ1v) is 7.75. The third-order valence-corrected chi connectivity index (χ3v) is 4.23. The van der Waals surface area contributed by atoms with E-state index in [9.17, 15) is 0 Å². The van der Waals surface area contributed by atoms with Crippen LogP contribution in [0, 0.1) is 5.92 Å². The Labute approximate surface area is 117 Å². The molecule has 0 radical (unpaired) electrons. The minimum Gasteiger partial charge on any atom is -0.494 e. The van der Waals surface area contributed by atoms with Crippen LogP contribution in [0.1, 0.15) is 57.1 Å². The first kappa shape index (κ1) is 14.4. The van der Waals surface area contributed by atoms with Crippen LogP contribution in [0.15, 0.2) is 24.3 Å². The molecule has 1 aliphatic carbocycles. The Morgan fingerprint density at radius 3 is 2.26 bits per heavy atom. The fourth-order valence-corrected chi connectivity index (χ4v) is 3.26. The summed E-state index contributed by atoms with van der Waals surface area (Å²) < 4.78 is 5.52. The van der Waals surface area contributed by atoms with Crippen LogP contribution in [0.25, 0.3) is 0 Å². The standard InChI is InChI=1S/C17H27NO/c1-3-19-16-12-10-15(11-13-16)17(18-2)14-8-6-4-5-7-9-14/h10-14,17-18H,3-9H2,1-2H3. The summed E-state index contributed by atoms with van der Waals surface area (Å²) in [5, 5.41) is 3.53. The molecule has 0 bridgehead atoms. The number of benzene rings is 1. The molecule has 19 heavy (non-hydrogen) atoms. The van der Waals surface area contributed by atoms with E-state index in [-0.39, 0.29) is 0 Å². The van der Waals surface area contributed by atoms with E-state index in [1.54, 1.807) is 0 Å². The van der Waals surface area contributed by atoms with Crippen LogP contribution in [-0.2, 0) is 0 Å². The van der Waals surface area contributed by atoms with Crippen molar-refractivity contribution in [2.45, 2.75) is 51.5 Å². The number of ether oxygens (including phenoxy) is 1. The molecule has 106 valence electrons. The molecule has 2 rings (SSSR count). The molecule has 1 aliphatic rings. The molecular formula is C17H27NO. The Balaban J connectivity index is 2.06.